The Morgan fingerprint density at radius 1 is 1.07 bits per heavy atom. The van der Waals surface area contributed by atoms with Gasteiger partial charge in [0.25, 0.3) is 0 Å². The summed E-state index contributed by atoms with van der Waals surface area (Å²) in [7, 11) is 0. The number of nitrogens with one attached hydrogen (secondary N) is 1. The lowest BCUT2D eigenvalue weighted by atomic mass is 10.1. The minimum absolute atomic E-state index is 0.0126. The number of carbonyl (C=O) groups excluding carboxylic acids is 2. The normalized spacial score (nSPS) is 11.8. The van der Waals surface area contributed by atoms with E-state index in [0.29, 0.717) is 18.8 Å². The van der Waals surface area contributed by atoms with Gasteiger partial charge in [-0.25, -0.2) is 0 Å². The number of likely N-dealkylation sites (N-methyl/N-ethyl adjacent to an activating group) is 1. The maximum absolute atomic E-state index is 13.1. The molecule has 2 aromatic rings. The quantitative estimate of drug-likeness (QED) is 0.664. The van der Waals surface area contributed by atoms with Crippen molar-refractivity contribution in [3.63, 3.8) is 0 Å². The first kappa shape index (κ1) is 23.0. The first-order valence-electron chi connectivity index (χ1n) is 10.1. The van der Waals surface area contributed by atoms with Gasteiger partial charge in [-0.2, -0.15) is 0 Å². The van der Waals surface area contributed by atoms with Crippen LogP contribution in [0.15, 0.2) is 42.5 Å². The third-order valence-corrected chi connectivity index (χ3v) is 5.88. The first-order chi connectivity index (χ1) is 13.8. The highest BCUT2D eigenvalue weighted by Crippen LogP contribution is 2.19. The minimum atomic E-state index is -0.510. The molecule has 1 N–H and O–H groups in total. The summed E-state index contributed by atoms with van der Waals surface area (Å²) >= 11 is 1.59. The number of benzene rings is 2. The maximum Gasteiger partial charge on any atom is 0.242 e. The topological polar surface area (TPSA) is 49.4 Å². The van der Waals surface area contributed by atoms with Crippen molar-refractivity contribution in [2.24, 2.45) is 0 Å². The zero-order chi connectivity index (χ0) is 21.4. The molecule has 0 aromatic heterocycles. The molecule has 0 heterocycles. The van der Waals surface area contributed by atoms with Gasteiger partial charge in [0.1, 0.15) is 6.04 Å². The number of rotatable bonds is 9. The highest BCUT2D eigenvalue weighted by atomic mass is 32.2. The van der Waals surface area contributed by atoms with Crippen LogP contribution >= 0.6 is 11.8 Å². The van der Waals surface area contributed by atoms with Crippen LogP contribution in [0.25, 0.3) is 0 Å². The fraction of sp³-hybridized carbons (Fsp3) is 0.417. The largest absolute Gasteiger partial charge is 0.355 e. The van der Waals surface area contributed by atoms with E-state index in [4.69, 9.17) is 0 Å². The lowest BCUT2D eigenvalue weighted by Crippen LogP contribution is -2.48. The maximum atomic E-state index is 13.1. The van der Waals surface area contributed by atoms with E-state index in [1.807, 2.05) is 38.1 Å². The Kier molecular flexibility index (Phi) is 8.77. The van der Waals surface area contributed by atoms with Crippen LogP contribution in [0.4, 0.5) is 0 Å². The molecule has 0 fully saturated rings. The number of aryl methyl sites for hydroxylation is 3. The van der Waals surface area contributed by atoms with Crippen molar-refractivity contribution in [2.75, 3.05) is 12.3 Å². The Morgan fingerprint density at radius 3 is 2.34 bits per heavy atom. The minimum Gasteiger partial charge on any atom is -0.355 e. The van der Waals surface area contributed by atoms with Crippen LogP contribution < -0.4 is 5.32 Å². The van der Waals surface area contributed by atoms with Crippen molar-refractivity contribution in [3.8, 4) is 0 Å². The van der Waals surface area contributed by atoms with Gasteiger partial charge in [-0.3, -0.25) is 9.59 Å². The SMILES string of the molecule is CCNC(=O)[C@H](C)N(Cc1ccccc1C)C(=O)CSCc1cc(C)cc(C)c1. The van der Waals surface area contributed by atoms with Crippen molar-refractivity contribution in [1.82, 2.24) is 10.2 Å². The van der Waals surface area contributed by atoms with E-state index in [2.05, 4.69) is 37.4 Å². The van der Waals surface area contributed by atoms with Crippen LogP contribution in [-0.2, 0) is 21.9 Å². The summed E-state index contributed by atoms with van der Waals surface area (Å²) in [6, 6.07) is 14.0. The summed E-state index contributed by atoms with van der Waals surface area (Å²) in [5, 5.41) is 2.84. The first-order valence-corrected chi connectivity index (χ1v) is 11.2. The molecule has 1 atom stereocenters. The zero-order valence-corrected chi connectivity index (χ0v) is 18.9. The van der Waals surface area contributed by atoms with E-state index < -0.39 is 6.04 Å². The van der Waals surface area contributed by atoms with E-state index in [-0.39, 0.29) is 11.8 Å². The van der Waals surface area contributed by atoms with Gasteiger partial charge >= 0.3 is 0 Å². The second kappa shape index (κ2) is 11.1. The van der Waals surface area contributed by atoms with Crippen LogP contribution in [0.1, 0.15) is 41.7 Å². The van der Waals surface area contributed by atoms with Crippen LogP contribution in [0.3, 0.4) is 0 Å². The molecule has 0 saturated carbocycles. The molecule has 2 aromatic carbocycles. The smallest absolute Gasteiger partial charge is 0.242 e. The number of thioether (sulfide) groups is 1. The lowest BCUT2D eigenvalue weighted by molar-refractivity contribution is -0.138. The zero-order valence-electron chi connectivity index (χ0n) is 18.1. The summed E-state index contributed by atoms with van der Waals surface area (Å²) in [6.45, 7) is 10.9. The van der Waals surface area contributed by atoms with Gasteiger partial charge in [-0.05, 0) is 51.3 Å². The molecule has 0 spiro atoms. The van der Waals surface area contributed by atoms with Crippen LogP contribution in [0.2, 0.25) is 0 Å². The van der Waals surface area contributed by atoms with Crippen molar-refractivity contribution < 1.29 is 9.59 Å². The highest BCUT2D eigenvalue weighted by Gasteiger charge is 2.26. The fourth-order valence-corrected chi connectivity index (χ4v) is 4.21. The Hall–Kier alpha value is -2.27. The van der Waals surface area contributed by atoms with E-state index in [0.717, 1.165) is 16.9 Å². The molecule has 5 heteroatoms. The number of amides is 2. The molecule has 0 aliphatic heterocycles. The molecule has 2 rings (SSSR count). The van der Waals surface area contributed by atoms with Gasteiger partial charge in [0.15, 0.2) is 0 Å². The van der Waals surface area contributed by atoms with Crippen molar-refractivity contribution in [1.29, 1.82) is 0 Å². The van der Waals surface area contributed by atoms with Crippen LogP contribution in [0.5, 0.6) is 0 Å². The average Bonchev–Trinajstić information content (AvgIpc) is 2.66. The lowest BCUT2D eigenvalue weighted by Gasteiger charge is -2.29. The predicted molar refractivity (Wildman–Crippen MR) is 122 cm³/mol. The Labute approximate surface area is 179 Å². The predicted octanol–water partition coefficient (Wildman–Crippen LogP) is 4.40. The van der Waals surface area contributed by atoms with E-state index >= 15 is 0 Å². The Morgan fingerprint density at radius 2 is 1.72 bits per heavy atom. The fourth-order valence-electron chi connectivity index (χ4n) is 3.37. The third-order valence-electron chi connectivity index (χ3n) is 4.90. The van der Waals surface area contributed by atoms with Gasteiger partial charge in [-0.15, -0.1) is 11.8 Å². The molecule has 2 amide bonds. The van der Waals surface area contributed by atoms with E-state index in [9.17, 15) is 9.59 Å². The average molecular weight is 413 g/mol. The number of hydrogen-bond donors (Lipinski definition) is 1. The molecule has 0 aliphatic rings. The molecule has 0 saturated heterocycles. The summed E-state index contributed by atoms with van der Waals surface area (Å²) in [4.78, 5) is 27.2. The van der Waals surface area contributed by atoms with Crippen molar-refractivity contribution in [2.45, 2.75) is 53.0 Å². The van der Waals surface area contributed by atoms with Gasteiger partial charge in [0.2, 0.25) is 11.8 Å². The molecule has 156 valence electrons. The summed E-state index contributed by atoms with van der Waals surface area (Å²) in [5.41, 5.74) is 5.88. The van der Waals surface area contributed by atoms with E-state index in [1.54, 1.807) is 23.6 Å². The Bertz CT molecular complexity index is 830. The molecule has 0 unspecified atom stereocenters. The second-order valence-electron chi connectivity index (χ2n) is 7.51. The monoisotopic (exact) mass is 412 g/mol. The Balaban J connectivity index is 2.08. The third kappa shape index (κ3) is 6.93. The van der Waals surface area contributed by atoms with E-state index in [1.165, 1.54) is 16.7 Å². The van der Waals surface area contributed by atoms with Gasteiger partial charge < -0.3 is 10.2 Å². The number of nitrogens with zero attached hydrogens (tertiary/aromatic N) is 1. The molecule has 29 heavy (non-hydrogen) atoms. The summed E-state index contributed by atoms with van der Waals surface area (Å²) < 4.78 is 0. The molecule has 0 radical (unpaired) electrons. The van der Waals surface area contributed by atoms with Gasteiger partial charge in [-0.1, -0.05) is 53.6 Å². The second-order valence-corrected chi connectivity index (χ2v) is 8.49. The van der Waals surface area contributed by atoms with Crippen molar-refractivity contribution >= 4 is 23.6 Å². The molecule has 4 nitrogen and oxygen atoms in total. The van der Waals surface area contributed by atoms with Gasteiger partial charge in [0, 0.05) is 18.8 Å². The van der Waals surface area contributed by atoms with Crippen molar-refractivity contribution in [3.05, 3.63) is 70.3 Å². The number of hydrogen-bond acceptors (Lipinski definition) is 3. The van der Waals surface area contributed by atoms with Gasteiger partial charge in [0.05, 0.1) is 5.75 Å². The summed E-state index contributed by atoms with van der Waals surface area (Å²) in [6.07, 6.45) is 0. The van der Waals surface area contributed by atoms with Crippen LogP contribution in [-0.4, -0.2) is 35.1 Å². The molecule has 0 aliphatic carbocycles. The highest BCUT2D eigenvalue weighted by molar-refractivity contribution is 7.99. The standard InChI is InChI=1S/C24H32N2O2S/c1-6-25-24(28)20(5)26(14-22-10-8-7-9-19(22)4)23(27)16-29-15-21-12-17(2)11-18(3)13-21/h7-13,20H,6,14-16H2,1-5H3,(H,25,28)/t20-/m0/s1. The molecule has 0 bridgehead atoms. The summed E-state index contributed by atoms with van der Waals surface area (Å²) in [5.74, 6) is 1.00. The number of carbonyl (C=O) groups is 2. The molecular formula is C24H32N2O2S. The molecular weight excluding hydrogens is 380 g/mol. The van der Waals surface area contributed by atoms with Crippen LogP contribution in [0, 0.1) is 20.8 Å².